The lowest BCUT2D eigenvalue weighted by atomic mass is 10.2. The van der Waals surface area contributed by atoms with E-state index < -0.39 is 0 Å². The lowest BCUT2D eigenvalue weighted by Gasteiger charge is -2.19. The van der Waals surface area contributed by atoms with Gasteiger partial charge in [-0.1, -0.05) is 12.8 Å². The highest BCUT2D eigenvalue weighted by atomic mass is 79.9. The lowest BCUT2D eigenvalue weighted by Crippen LogP contribution is -2.30. The van der Waals surface area contributed by atoms with E-state index in [0.29, 0.717) is 5.56 Å². The Morgan fingerprint density at radius 1 is 1.25 bits per heavy atom. The van der Waals surface area contributed by atoms with Gasteiger partial charge in [0.15, 0.2) is 0 Å². The Balaban J connectivity index is 1.66. The van der Waals surface area contributed by atoms with Crippen molar-refractivity contribution in [1.82, 2.24) is 15.2 Å². The van der Waals surface area contributed by atoms with Gasteiger partial charge in [0.25, 0.3) is 5.91 Å². The van der Waals surface area contributed by atoms with Crippen molar-refractivity contribution in [2.75, 3.05) is 26.2 Å². The molecule has 1 saturated heterocycles. The molecule has 0 spiro atoms. The number of aromatic nitrogens is 1. The number of hydrogen-bond donors (Lipinski definition) is 1. The summed E-state index contributed by atoms with van der Waals surface area (Å²) in [6, 6.07) is 1.79. The molecule has 4 nitrogen and oxygen atoms in total. The molecule has 2 rings (SSSR count). The van der Waals surface area contributed by atoms with Gasteiger partial charge in [0.2, 0.25) is 0 Å². The Hall–Kier alpha value is -0.940. The van der Waals surface area contributed by atoms with Crippen molar-refractivity contribution in [3.63, 3.8) is 0 Å². The van der Waals surface area contributed by atoms with E-state index in [0.717, 1.165) is 24.0 Å². The normalized spacial score (nSPS) is 16.6. The Morgan fingerprint density at radius 2 is 2.00 bits per heavy atom. The molecule has 0 saturated carbocycles. The molecule has 0 aromatic carbocycles. The van der Waals surface area contributed by atoms with Gasteiger partial charge in [-0.05, 0) is 60.9 Å². The van der Waals surface area contributed by atoms with Crippen molar-refractivity contribution < 1.29 is 4.79 Å². The summed E-state index contributed by atoms with van der Waals surface area (Å²) >= 11 is 3.32. The van der Waals surface area contributed by atoms with Crippen LogP contribution in [0.4, 0.5) is 0 Å². The van der Waals surface area contributed by atoms with E-state index in [9.17, 15) is 4.79 Å². The average Bonchev–Trinajstić information content (AvgIpc) is 2.72. The fraction of sp³-hybridized carbons (Fsp3) is 0.600. The quantitative estimate of drug-likeness (QED) is 0.839. The summed E-state index contributed by atoms with van der Waals surface area (Å²) in [6.07, 6.45) is 9.64. The lowest BCUT2D eigenvalue weighted by molar-refractivity contribution is 0.0951. The molecule has 1 aliphatic rings. The van der Waals surface area contributed by atoms with Crippen LogP contribution < -0.4 is 5.32 Å². The average molecular weight is 340 g/mol. The van der Waals surface area contributed by atoms with Gasteiger partial charge >= 0.3 is 0 Å². The molecule has 1 N–H and O–H groups in total. The third-order valence-corrected chi connectivity index (χ3v) is 4.04. The second-order valence-electron chi connectivity index (χ2n) is 5.26. The number of nitrogens with zero attached hydrogens (tertiary/aromatic N) is 2. The van der Waals surface area contributed by atoms with Crippen LogP contribution in [0.3, 0.4) is 0 Å². The Morgan fingerprint density at radius 3 is 2.70 bits per heavy atom. The number of carbonyl (C=O) groups excluding carboxylic acids is 1. The van der Waals surface area contributed by atoms with Crippen LogP contribution >= 0.6 is 15.9 Å². The summed E-state index contributed by atoms with van der Waals surface area (Å²) in [5.41, 5.74) is 0.606. The van der Waals surface area contributed by atoms with Crippen molar-refractivity contribution in [2.24, 2.45) is 0 Å². The minimum atomic E-state index is -0.0466. The predicted octanol–water partition coefficient (Wildman–Crippen LogP) is 2.84. The number of likely N-dealkylation sites (tertiary alicyclic amines) is 1. The summed E-state index contributed by atoms with van der Waals surface area (Å²) in [5, 5.41) is 2.95. The van der Waals surface area contributed by atoms with Gasteiger partial charge in [-0.2, -0.15) is 0 Å². The molecule has 20 heavy (non-hydrogen) atoms. The van der Waals surface area contributed by atoms with Crippen molar-refractivity contribution in [3.05, 3.63) is 28.5 Å². The molecule has 1 aromatic rings. The minimum absolute atomic E-state index is 0.0466. The van der Waals surface area contributed by atoms with E-state index in [-0.39, 0.29) is 5.91 Å². The zero-order valence-electron chi connectivity index (χ0n) is 11.8. The molecule has 1 aromatic heterocycles. The van der Waals surface area contributed by atoms with E-state index in [2.05, 4.69) is 31.1 Å². The highest BCUT2D eigenvalue weighted by Gasteiger charge is 2.09. The Bertz CT molecular complexity index is 431. The zero-order valence-corrected chi connectivity index (χ0v) is 13.4. The molecule has 0 radical (unpaired) electrons. The largest absolute Gasteiger partial charge is 0.352 e. The van der Waals surface area contributed by atoms with Crippen LogP contribution in [0.5, 0.6) is 0 Å². The van der Waals surface area contributed by atoms with Crippen LogP contribution in [0.15, 0.2) is 22.9 Å². The first-order valence-electron chi connectivity index (χ1n) is 7.37. The van der Waals surface area contributed by atoms with E-state index in [4.69, 9.17) is 0 Å². The standard InChI is InChI=1S/C15H22BrN3O/c16-14-10-13(11-17-12-14)15(20)18-6-5-9-19-7-3-1-2-4-8-19/h10-12H,1-9H2,(H,18,20). The van der Waals surface area contributed by atoms with Crippen LogP contribution in [0.25, 0.3) is 0 Å². The first-order chi connectivity index (χ1) is 9.75. The number of carbonyl (C=O) groups is 1. The van der Waals surface area contributed by atoms with Gasteiger partial charge in [0.05, 0.1) is 5.56 Å². The van der Waals surface area contributed by atoms with Crippen LogP contribution in [0.2, 0.25) is 0 Å². The van der Waals surface area contributed by atoms with Gasteiger partial charge in [0.1, 0.15) is 0 Å². The van der Waals surface area contributed by atoms with Gasteiger partial charge in [-0.15, -0.1) is 0 Å². The van der Waals surface area contributed by atoms with Crippen molar-refractivity contribution in [3.8, 4) is 0 Å². The molecule has 2 heterocycles. The third-order valence-electron chi connectivity index (χ3n) is 3.60. The SMILES string of the molecule is O=C(NCCCN1CCCCCC1)c1cncc(Br)c1. The monoisotopic (exact) mass is 339 g/mol. The summed E-state index contributed by atoms with van der Waals surface area (Å²) in [4.78, 5) is 18.4. The topological polar surface area (TPSA) is 45.2 Å². The van der Waals surface area contributed by atoms with E-state index in [1.165, 1.54) is 38.8 Å². The van der Waals surface area contributed by atoms with Crippen LogP contribution in [-0.4, -0.2) is 42.0 Å². The molecule has 1 fully saturated rings. The van der Waals surface area contributed by atoms with Crippen molar-refractivity contribution in [1.29, 1.82) is 0 Å². The fourth-order valence-electron chi connectivity index (χ4n) is 2.50. The summed E-state index contributed by atoms with van der Waals surface area (Å²) in [6.45, 7) is 4.23. The predicted molar refractivity (Wildman–Crippen MR) is 83.8 cm³/mol. The van der Waals surface area contributed by atoms with Gasteiger partial charge in [0, 0.05) is 23.4 Å². The van der Waals surface area contributed by atoms with E-state index >= 15 is 0 Å². The van der Waals surface area contributed by atoms with Gasteiger partial charge < -0.3 is 10.2 Å². The Kier molecular flexibility index (Phi) is 6.47. The number of rotatable bonds is 5. The zero-order chi connectivity index (χ0) is 14.2. The molecule has 0 unspecified atom stereocenters. The van der Waals surface area contributed by atoms with Crippen molar-refractivity contribution in [2.45, 2.75) is 32.1 Å². The van der Waals surface area contributed by atoms with Crippen LogP contribution in [0.1, 0.15) is 42.5 Å². The molecule has 0 atom stereocenters. The smallest absolute Gasteiger partial charge is 0.252 e. The number of nitrogens with one attached hydrogen (secondary N) is 1. The highest BCUT2D eigenvalue weighted by Crippen LogP contribution is 2.10. The molecule has 0 aliphatic carbocycles. The van der Waals surface area contributed by atoms with Gasteiger partial charge in [-0.25, -0.2) is 0 Å². The third kappa shape index (κ3) is 5.21. The van der Waals surface area contributed by atoms with Gasteiger partial charge in [-0.3, -0.25) is 9.78 Å². The number of pyridine rings is 1. The highest BCUT2D eigenvalue weighted by molar-refractivity contribution is 9.10. The maximum atomic E-state index is 11.9. The molecule has 0 bridgehead atoms. The second kappa shape index (κ2) is 8.37. The summed E-state index contributed by atoms with van der Waals surface area (Å²) in [7, 11) is 0. The molecular formula is C15H22BrN3O. The second-order valence-corrected chi connectivity index (χ2v) is 6.17. The maximum Gasteiger partial charge on any atom is 0.252 e. The molecule has 5 heteroatoms. The maximum absolute atomic E-state index is 11.9. The van der Waals surface area contributed by atoms with Crippen molar-refractivity contribution >= 4 is 21.8 Å². The molecular weight excluding hydrogens is 318 g/mol. The molecule has 110 valence electrons. The summed E-state index contributed by atoms with van der Waals surface area (Å²) < 4.78 is 0.828. The van der Waals surface area contributed by atoms with Crippen LogP contribution in [-0.2, 0) is 0 Å². The molecule has 1 amide bonds. The Labute approximate surface area is 129 Å². The van der Waals surface area contributed by atoms with Crippen LogP contribution in [0, 0.1) is 0 Å². The molecule has 1 aliphatic heterocycles. The number of halogens is 1. The fourth-order valence-corrected chi connectivity index (χ4v) is 2.87. The number of hydrogen-bond acceptors (Lipinski definition) is 3. The van der Waals surface area contributed by atoms with E-state index in [1.807, 2.05) is 0 Å². The van der Waals surface area contributed by atoms with E-state index in [1.54, 1.807) is 18.5 Å². The minimum Gasteiger partial charge on any atom is -0.352 e. The first-order valence-corrected chi connectivity index (χ1v) is 8.16. The number of amides is 1. The first kappa shape index (κ1) is 15.4. The summed E-state index contributed by atoms with van der Waals surface area (Å²) in [5.74, 6) is -0.0466.